The van der Waals surface area contributed by atoms with Crippen molar-refractivity contribution in [3.8, 4) is 17.1 Å². The Morgan fingerprint density at radius 3 is 2.43 bits per heavy atom. The van der Waals surface area contributed by atoms with E-state index in [0.29, 0.717) is 17.6 Å². The second-order valence-electron chi connectivity index (χ2n) is 7.41. The van der Waals surface area contributed by atoms with E-state index in [9.17, 15) is 4.39 Å². The first-order chi connectivity index (χ1) is 13.8. The number of nitrogens with zero attached hydrogens (tertiary/aromatic N) is 2. The Morgan fingerprint density at radius 1 is 0.929 bits per heavy atom. The number of aromatic nitrogens is 2. The minimum atomic E-state index is -0.217. The lowest BCUT2D eigenvalue weighted by Crippen LogP contribution is -2.25. The van der Waals surface area contributed by atoms with Crippen LogP contribution in [0.4, 0.5) is 4.39 Å². The highest BCUT2D eigenvalue weighted by atomic mass is 19.1. The van der Waals surface area contributed by atoms with Crippen molar-refractivity contribution in [1.29, 1.82) is 0 Å². The van der Waals surface area contributed by atoms with E-state index in [1.807, 2.05) is 36.4 Å². The first-order valence-corrected chi connectivity index (χ1v) is 9.70. The number of ether oxygens (including phenoxy) is 2. The van der Waals surface area contributed by atoms with Crippen molar-refractivity contribution in [1.82, 2.24) is 10.1 Å². The van der Waals surface area contributed by atoms with E-state index in [1.165, 1.54) is 12.1 Å². The van der Waals surface area contributed by atoms with Gasteiger partial charge in [0.15, 0.2) is 0 Å². The van der Waals surface area contributed by atoms with Crippen LogP contribution in [0.15, 0.2) is 53.1 Å². The molecule has 2 aliphatic rings. The van der Waals surface area contributed by atoms with E-state index >= 15 is 0 Å². The summed E-state index contributed by atoms with van der Waals surface area (Å²) >= 11 is 0. The quantitative estimate of drug-likeness (QED) is 0.642. The fourth-order valence-corrected chi connectivity index (χ4v) is 3.72. The van der Waals surface area contributed by atoms with Crippen molar-refractivity contribution >= 4 is 0 Å². The molecule has 0 bridgehead atoms. The molecule has 0 radical (unpaired) electrons. The zero-order chi connectivity index (χ0) is 18.9. The molecule has 5 rings (SSSR count). The molecule has 144 valence electrons. The first-order valence-electron chi connectivity index (χ1n) is 9.70. The van der Waals surface area contributed by atoms with Crippen LogP contribution in [0.25, 0.3) is 11.4 Å². The van der Waals surface area contributed by atoms with Crippen molar-refractivity contribution in [2.24, 2.45) is 0 Å². The van der Waals surface area contributed by atoms with Gasteiger partial charge in [-0.05, 0) is 54.3 Å². The lowest BCUT2D eigenvalue weighted by atomic mass is 10.1. The fourth-order valence-electron chi connectivity index (χ4n) is 3.72. The molecule has 2 fully saturated rings. The van der Waals surface area contributed by atoms with Gasteiger partial charge < -0.3 is 14.0 Å². The number of rotatable bonds is 5. The van der Waals surface area contributed by atoms with Crippen molar-refractivity contribution in [3.05, 3.63) is 65.8 Å². The Labute approximate surface area is 162 Å². The number of hydrogen-bond acceptors (Lipinski definition) is 5. The van der Waals surface area contributed by atoms with Crippen molar-refractivity contribution in [3.63, 3.8) is 0 Å². The van der Waals surface area contributed by atoms with Gasteiger partial charge in [-0.15, -0.1) is 0 Å². The molecule has 1 aromatic heterocycles. The number of hydrogen-bond donors (Lipinski definition) is 0. The van der Waals surface area contributed by atoms with E-state index in [-0.39, 0.29) is 17.8 Å². The maximum atomic E-state index is 13.1. The summed E-state index contributed by atoms with van der Waals surface area (Å²) in [6, 6.07) is 14.4. The van der Waals surface area contributed by atoms with Gasteiger partial charge in [0.25, 0.3) is 0 Å². The molecule has 1 aliphatic carbocycles. The first kappa shape index (κ1) is 17.4. The molecule has 2 unspecified atom stereocenters. The molecule has 0 amide bonds. The maximum absolute atomic E-state index is 13.1. The number of halogens is 1. The van der Waals surface area contributed by atoms with Crippen LogP contribution < -0.4 is 4.74 Å². The molecule has 1 saturated heterocycles. The molecule has 3 aromatic rings. The highest BCUT2D eigenvalue weighted by molar-refractivity contribution is 5.55. The van der Waals surface area contributed by atoms with Gasteiger partial charge in [-0.2, -0.15) is 4.98 Å². The van der Waals surface area contributed by atoms with Gasteiger partial charge in [-0.25, -0.2) is 4.39 Å². The third-order valence-corrected chi connectivity index (χ3v) is 5.43. The molecule has 1 saturated carbocycles. The monoisotopic (exact) mass is 380 g/mol. The summed E-state index contributed by atoms with van der Waals surface area (Å²) in [6.07, 6.45) is 3.01. The summed E-state index contributed by atoms with van der Waals surface area (Å²) < 4.78 is 29.9. The third-order valence-electron chi connectivity index (χ3n) is 5.43. The van der Waals surface area contributed by atoms with E-state index in [2.05, 4.69) is 10.1 Å². The summed E-state index contributed by atoms with van der Waals surface area (Å²) in [4.78, 5) is 4.57. The molecule has 0 N–H and O–H groups in total. The van der Waals surface area contributed by atoms with Gasteiger partial charge in [0.05, 0.1) is 13.2 Å². The number of benzene rings is 2. The average Bonchev–Trinajstić information content (AvgIpc) is 3.38. The van der Waals surface area contributed by atoms with Gasteiger partial charge in [0, 0.05) is 24.3 Å². The van der Waals surface area contributed by atoms with Crippen LogP contribution >= 0.6 is 0 Å². The Kier molecular flexibility index (Phi) is 4.56. The Hall–Kier alpha value is -2.73. The van der Waals surface area contributed by atoms with Gasteiger partial charge >= 0.3 is 0 Å². The molecule has 6 heteroatoms. The van der Waals surface area contributed by atoms with E-state index < -0.39 is 0 Å². The molecule has 5 nitrogen and oxygen atoms in total. The predicted molar refractivity (Wildman–Crippen MR) is 101 cm³/mol. The van der Waals surface area contributed by atoms with Crippen LogP contribution in [0.1, 0.15) is 42.6 Å². The zero-order valence-corrected chi connectivity index (χ0v) is 15.4. The molecule has 2 atom stereocenters. The smallest absolute Gasteiger partial charge is 0.230 e. The zero-order valence-electron chi connectivity index (χ0n) is 15.4. The summed E-state index contributed by atoms with van der Waals surface area (Å²) in [5.41, 5.74) is 2.01. The molecule has 0 spiro atoms. The summed E-state index contributed by atoms with van der Waals surface area (Å²) in [5, 5.41) is 4.13. The predicted octanol–water partition coefficient (Wildman–Crippen LogP) is 4.70. The van der Waals surface area contributed by atoms with Gasteiger partial charge in [0.1, 0.15) is 17.7 Å². The minimum absolute atomic E-state index is 0.211. The standard InChI is InChI=1S/C22H21FN2O3/c23-16-5-1-14(2-6-16)19-13-20(19)22-24-21(25-28-22)15-3-7-17(8-4-15)27-18-9-11-26-12-10-18/h1-8,18-20H,9-13H2. The van der Waals surface area contributed by atoms with Crippen LogP contribution in [0.5, 0.6) is 5.75 Å². The highest BCUT2D eigenvalue weighted by Gasteiger charge is 2.43. The molecular formula is C22H21FN2O3. The molecule has 1 aliphatic heterocycles. The summed E-state index contributed by atoms with van der Waals surface area (Å²) in [5.74, 6) is 2.39. The lowest BCUT2D eigenvalue weighted by molar-refractivity contribution is 0.0256. The topological polar surface area (TPSA) is 57.4 Å². The third kappa shape index (κ3) is 3.64. The summed E-state index contributed by atoms with van der Waals surface area (Å²) in [7, 11) is 0. The van der Waals surface area contributed by atoms with Crippen LogP contribution in [0.3, 0.4) is 0 Å². The highest BCUT2D eigenvalue weighted by Crippen LogP contribution is 2.54. The Morgan fingerprint density at radius 2 is 1.68 bits per heavy atom. The van der Waals surface area contributed by atoms with Gasteiger partial charge in [-0.1, -0.05) is 17.3 Å². The largest absolute Gasteiger partial charge is 0.490 e. The Balaban J connectivity index is 1.24. The summed E-state index contributed by atoms with van der Waals surface area (Å²) in [6.45, 7) is 1.52. The SMILES string of the molecule is Fc1ccc(C2CC2c2nc(-c3ccc(OC4CCOCC4)cc3)no2)cc1. The van der Waals surface area contributed by atoms with Crippen LogP contribution in [0, 0.1) is 5.82 Å². The molecular weight excluding hydrogens is 359 g/mol. The maximum Gasteiger partial charge on any atom is 0.230 e. The molecule has 2 heterocycles. The Bertz CT molecular complexity index is 933. The molecule has 28 heavy (non-hydrogen) atoms. The van der Waals surface area contributed by atoms with Gasteiger partial charge in [0.2, 0.25) is 11.7 Å². The van der Waals surface area contributed by atoms with Crippen molar-refractivity contribution in [2.45, 2.75) is 37.2 Å². The van der Waals surface area contributed by atoms with Crippen LogP contribution in [-0.4, -0.2) is 29.5 Å². The molecule has 2 aromatic carbocycles. The van der Waals surface area contributed by atoms with Crippen LogP contribution in [-0.2, 0) is 4.74 Å². The van der Waals surface area contributed by atoms with Crippen LogP contribution in [0.2, 0.25) is 0 Å². The van der Waals surface area contributed by atoms with Crippen molar-refractivity contribution in [2.75, 3.05) is 13.2 Å². The second-order valence-corrected chi connectivity index (χ2v) is 7.41. The lowest BCUT2D eigenvalue weighted by Gasteiger charge is -2.23. The normalized spacial score (nSPS) is 22.2. The minimum Gasteiger partial charge on any atom is -0.490 e. The van der Waals surface area contributed by atoms with E-state index in [4.69, 9.17) is 14.0 Å². The van der Waals surface area contributed by atoms with Crippen molar-refractivity contribution < 1.29 is 18.4 Å². The average molecular weight is 380 g/mol. The van der Waals surface area contributed by atoms with Gasteiger partial charge in [-0.3, -0.25) is 0 Å². The second kappa shape index (κ2) is 7.36. The van der Waals surface area contributed by atoms with E-state index in [1.54, 1.807) is 0 Å². The van der Waals surface area contributed by atoms with E-state index in [0.717, 1.165) is 49.4 Å². The fraction of sp³-hybridized carbons (Fsp3) is 0.364.